The molecule has 1 atom stereocenters. The molecule has 0 aliphatic heterocycles. The molecule has 0 aliphatic carbocycles. The number of esters is 1. The van der Waals surface area contributed by atoms with E-state index in [2.05, 4.69) is 10.5 Å². The smallest absolute Gasteiger partial charge is 0.355 e. The Hall–Kier alpha value is -4.20. The Kier molecular flexibility index (Phi) is 7.16. The Morgan fingerprint density at radius 2 is 1.70 bits per heavy atom. The minimum absolute atomic E-state index is 0.335. The number of amides is 1. The number of nitrogens with one attached hydrogen (secondary N) is 1. The van der Waals surface area contributed by atoms with Crippen molar-refractivity contribution in [1.82, 2.24) is 5.43 Å². The van der Waals surface area contributed by atoms with Crippen molar-refractivity contribution < 1.29 is 19.1 Å². The van der Waals surface area contributed by atoms with Crippen LogP contribution in [0, 0.1) is 0 Å². The van der Waals surface area contributed by atoms with Gasteiger partial charge < -0.3 is 9.47 Å². The Morgan fingerprint density at radius 3 is 2.54 bits per heavy atom. The number of hydrogen-bond donors (Lipinski definition) is 1. The van der Waals surface area contributed by atoms with Gasteiger partial charge in [0.25, 0.3) is 5.91 Å². The predicted molar refractivity (Wildman–Crippen MR) is 148 cm³/mol. The van der Waals surface area contributed by atoms with Gasteiger partial charge in [-0.25, -0.2) is 10.2 Å². The number of hydrazone groups is 1. The monoisotopic (exact) mass is 528 g/mol. The van der Waals surface area contributed by atoms with Crippen molar-refractivity contribution in [3.05, 3.63) is 106 Å². The molecule has 0 saturated carbocycles. The van der Waals surface area contributed by atoms with Crippen molar-refractivity contribution in [2.24, 2.45) is 5.10 Å². The number of halogens is 1. The van der Waals surface area contributed by atoms with Gasteiger partial charge in [-0.1, -0.05) is 72.3 Å². The summed E-state index contributed by atoms with van der Waals surface area (Å²) in [4.78, 5) is 25.5. The fraction of sp³-hybridized carbons (Fsp3) is 0.0690. The van der Waals surface area contributed by atoms with E-state index in [1.807, 2.05) is 66.7 Å². The lowest BCUT2D eigenvalue weighted by Crippen LogP contribution is -2.33. The minimum atomic E-state index is -0.753. The number of carbonyl (C=O) groups is 2. The molecule has 1 unspecified atom stereocenters. The van der Waals surface area contributed by atoms with E-state index < -0.39 is 18.0 Å². The third kappa shape index (κ3) is 5.63. The normalized spacial score (nSPS) is 12.1. The summed E-state index contributed by atoms with van der Waals surface area (Å²) in [5, 5.41) is 7.33. The first-order valence-corrected chi connectivity index (χ1v) is 12.6. The second kappa shape index (κ2) is 10.8. The van der Waals surface area contributed by atoms with Crippen molar-refractivity contribution in [3.8, 4) is 11.5 Å². The summed E-state index contributed by atoms with van der Waals surface area (Å²) in [6.07, 6.45) is 0.710. The van der Waals surface area contributed by atoms with Crippen LogP contribution in [0.2, 0.25) is 5.02 Å². The highest BCUT2D eigenvalue weighted by atomic mass is 35.5. The van der Waals surface area contributed by atoms with Gasteiger partial charge in [0.05, 0.1) is 11.2 Å². The zero-order valence-electron chi connectivity index (χ0n) is 19.7. The molecule has 1 aromatic heterocycles. The van der Waals surface area contributed by atoms with Gasteiger partial charge in [0, 0.05) is 10.1 Å². The molecule has 0 radical (unpaired) electrons. The Morgan fingerprint density at radius 1 is 0.919 bits per heavy atom. The number of rotatable bonds is 7. The summed E-state index contributed by atoms with van der Waals surface area (Å²) in [5.74, 6) is 0.0000387. The molecule has 0 fully saturated rings. The van der Waals surface area contributed by atoms with Gasteiger partial charge >= 0.3 is 5.97 Å². The van der Waals surface area contributed by atoms with Crippen LogP contribution >= 0.6 is 22.9 Å². The van der Waals surface area contributed by atoms with E-state index in [4.69, 9.17) is 21.1 Å². The molecule has 1 N–H and O–H groups in total. The van der Waals surface area contributed by atoms with Gasteiger partial charge in [-0.05, 0) is 53.6 Å². The lowest BCUT2D eigenvalue weighted by atomic mass is 10.1. The number of nitrogens with zero attached hydrogens (tertiary/aromatic N) is 1. The van der Waals surface area contributed by atoms with E-state index in [-0.39, 0.29) is 0 Å². The summed E-state index contributed by atoms with van der Waals surface area (Å²) >= 11 is 7.67. The van der Waals surface area contributed by atoms with Gasteiger partial charge in [-0.15, -0.1) is 11.3 Å². The molecule has 0 spiro atoms. The highest BCUT2D eigenvalue weighted by Crippen LogP contribution is 2.35. The molecule has 0 bridgehead atoms. The Labute approximate surface area is 222 Å². The van der Waals surface area contributed by atoms with Crippen molar-refractivity contribution in [3.63, 3.8) is 0 Å². The highest BCUT2D eigenvalue weighted by Gasteiger charge is 2.19. The second-order valence-electron chi connectivity index (χ2n) is 8.21. The van der Waals surface area contributed by atoms with Gasteiger partial charge in [0.15, 0.2) is 6.10 Å². The van der Waals surface area contributed by atoms with Crippen LogP contribution in [0.25, 0.3) is 20.9 Å². The van der Waals surface area contributed by atoms with E-state index in [1.165, 1.54) is 17.6 Å². The first-order valence-electron chi connectivity index (χ1n) is 11.5. The standard InChI is InChI=1S/C29H21ClN2O4S/c1-18(35-23-14-13-20-8-2-3-9-21(20)16-23)28(33)32-31-17-19-7-6-10-22(15-19)36-29(34)27-26(30)24-11-4-5-12-25(24)37-27/h2-18H,1H3,(H,32,33). The SMILES string of the molecule is CC(Oc1ccc2ccccc2c1)C(=O)NN=Cc1cccc(OC(=O)c2sc3ccccc3c2Cl)c1. The molecule has 4 aromatic carbocycles. The van der Waals surface area contributed by atoms with Gasteiger partial charge in [-0.2, -0.15) is 5.10 Å². The second-order valence-corrected chi connectivity index (χ2v) is 9.64. The highest BCUT2D eigenvalue weighted by molar-refractivity contribution is 7.21. The largest absolute Gasteiger partial charge is 0.481 e. The third-order valence-electron chi connectivity index (χ3n) is 5.58. The predicted octanol–water partition coefficient (Wildman–Crippen LogP) is 6.84. The van der Waals surface area contributed by atoms with Crippen molar-refractivity contribution in [2.45, 2.75) is 13.0 Å². The number of thiophene rings is 1. The van der Waals surface area contributed by atoms with Crippen LogP contribution in [0.1, 0.15) is 22.2 Å². The number of ether oxygens (including phenoxy) is 2. The van der Waals surface area contributed by atoms with E-state index >= 15 is 0 Å². The molecule has 5 aromatic rings. The molecule has 0 aliphatic rings. The molecule has 8 heteroatoms. The first kappa shape index (κ1) is 24.5. The van der Waals surface area contributed by atoms with Crippen LogP contribution in [0.4, 0.5) is 0 Å². The van der Waals surface area contributed by atoms with Crippen LogP contribution in [-0.4, -0.2) is 24.2 Å². The Bertz CT molecular complexity index is 1650. The molecular formula is C29H21ClN2O4S. The summed E-state index contributed by atoms with van der Waals surface area (Å²) in [5.41, 5.74) is 3.11. The molecule has 6 nitrogen and oxygen atoms in total. The third-order valence-corrected chi connectivity index (χ3v) is 7.24. The van der Waals surface area contributed by atoms with Crippen molar-refractivity contribution in [2.75, 3.05) is 0 Å². The first-order chi connectivity index (χ1) is 18.0. The van der Waals surface area contributed by atoms with E-state index in [1.54, 1.807) is 31.2 Å². The Balaban J connectivity index is 1.19. The van der Waals surface area contributed by atoms with E-state index in [0.717, 1.165) is 20.9 Å². The molecule has 5 rings (SSSR count). The number of hydrogen-bond acceptors (Lipinski definition) is 6. The maximum Gasteiger partial charge on any atom is 0.355 e. The van der Waals surface area contributed by atoms with Gasteiger partial charge in [0.1, 0.15) is 16.4 Å². The molecular weight excluding hydrogens is 508 g/mol. The summed E-state index contributed by atoms with van der Waals surface area (Å²) < 4.78 is 12.2. The average Bonchev–Trinajstić information content (AvgIpc) is 3.25. The number of benzene rings is 4. The van der Waals surface area contributed by atoms with E-state index in [9.17, 15) is 9.59 Å². The maximum atomic E-state index is 12.7. The quantitative estimate of drug-likeness (QED) is 0.108. The zero-order valence-corrected chi connectivity index (χ0v) is 21.3. The topological polar surface area (TPSA) is 77.0 Å². The maximum absolute atomic E-state index is 12.7. The van der Waals surface area contributed by atoms with Crippen molar-refractivity contribution in [1.29, 1.82) is 0 Å². The minimum Gasteiger partial charge on any atom is -0.481 e. The summed E-state index contributed by atoms with van der Waals surface area (Å²) in [7, 11) is 0. The lowest BCUT2D eigenvalue weighted by molar-refractivity contribution is -0.127. The van der Waals surface area contributed by atoms with Crippen molar-refractivity contribution >= 4 is 61.9 Å². The van der Waals surface area contributed by atoms with Crippen LogP contribution in [0.15, 0.2) is 96.1 Å². The van der Waals surface area contributed by atoms with Gasteiger partial charge in [0.2, 0.25) is 0 Å². The fourth-order valence-corrected chi connectivity index (χ4v) is 5.10. The van der Waals surface area contributed by atoms with Gasteiger partial charge in [-0.3, -0.25) is 4.79 Å². The van der Waals surface area contributed by atoms with Crippen LogP contribution in [0.5, 0.6) is 11.5 Å². The summed E-state index contributed by atoms with van der Waals surface area (Å²) in [6, 6.07) is 27.9. The number of fused-ring (bicyclic) bond motifs is 2. The zero-order chi connectivity index (χ0) is 25.8. The average molecular weight is 529 g/mol. The van der Waals surface area contributed by atoms with E-state index in [0.29, 0.717) is 27.0 Å². The molecule has 1 amide bonds. The number of carbonyl (C=O) groups excluding carboxylic acids is 2. The van der Waals surface area contributed by atoms with Crippen LogP contribution in [0.3, 0.4) is 0 Å². The van der Waals surface area contributed by atoms with Crippen LogP contribution < -0.4 is 14.9 Å². The molecule has 37 heavy (non-hydrogen) atoms. The molecule has 184 valence electrons. The van der Waals surface area contributed by atoms with Crippen LogP contribution in [-0.2, 0) is 4.79 Å². The summed E-state index contributed by atoms with van der Waals surface area (Å²) in [6.45, 7) is 1.65. The molecule has 0 saturated heterocycles. The molecule has 1 heterocycles. The lowest BCUT2D eigenvalue weighted by Gasteiger charge is -2.13. The fourth-order valence-electron chi connectivity index (χ4n) is 3.72.